The van der Waals surface area contributed by atoms with Gasteiger partial charge in [0.15, 0.2) is 6.10 Å². The van der Waals surface area contributed by atoms with Crippen LogP contribution in [0.5, 0.6) is 5.75 Å². The van der Waals surface area contributed by atoms with Crippen molar-refractivity contribution in [3.8, 4) is 5.75 Å². The van der Waals surface area contributed by atoms with E-state index in [0.717, 1.165) is 23.4 Å². The lowest BCUT2D eigenvalue weighted by Crippen LogP contribution is -2.32. The van der Waals surface area contributed by atoms with Crippen molar-refractivity contribution in [1.29, 1.82) is 0 Å². The molecule has 1 unspecified atom stereocenters. The van der Waals surface area contributed by atoms with Crippen LogP contribution in [0.2, 0.25) is 0 Å². The third kappa shape index (κ3) is 4.59. The molecule has 23 heavy (non-hydrogen) atoms. The molecule has 0 heterocycles. The van der Waals surface area contributed by atoms with E-state index >= 15 is 0 Å². The lowest BCUT2D eigenvalue weighted by atomic mass is 10.1. The predicted octanol–water partition coefficient (Wildman–Crippen LogP) is 4.66. The van der Waals surface area contributed by atoms with Gasteiger partial charge in [-0.05, 0) is 67.6 Å². The number of hydrogen-bond donors (Lipinski definition) is 1. The summed E-state index contributed by atoms with van der Waals surface area (Å²) < 4.78 is 5.84. The molecule has 0 aliphatic heterocycles. The zero-order valence-corrected chi connectivity index (χ0v) is 14.3. The maximum Gasteiger partial charge on any atom is 0.265 e. The van der Waals surface area contributed by atoms with E-state index in [1.807, 2.05) is 56.3 Å². The molecule has 0 saturated carbocycles. The van der Waals surface area contributed by atoms with E-state index in [1.54, 1.807) is 0 Å². The Labute approximate surface area is 138 Å². The molecule has 2 rings (SSSR count). The Morgan fingerprint density at radius 3 is 2.30 bits per heavy atom. The molecule has 2 aromatic carbocycles. The number of aryl methyl sites for hydroxylation is 3. The first-order chi connectivity index (χ1) is 11.0. The van der Waals surface area contributed by atoms with Crippen molar-refractivity contribution in [1.82, 2.24) is 0 Å². The number of carbonyl (C=O) groups is 1. The Balaban J connectivity index is 2.03. The van der Waals surface area contributed by atoms with Gasteiger partial charge in [0.25, 0.3) is 5.91 Å². The molecule has 3 nitrogen and oxygen atoms in total. The first-order valence-corrected chi connectivity index (χ1v) is 8.17. The summed E-state index contributed by atoms with van der Waals surface area (Å²) in [6.45, 7) is 8.15. The summed E-state index contributed by atoms with van der Waals surface area (Å²) in [6.07, 6.45) is 1.11. The van der Waals surface area contributed by atoms with Crippen LogP contribution < -0.4 is 10.1 Å². The van der Waals surface area contributed by atoms with Gasteiger partial charge in [-0.25, -0.2) is 0 Å². The van der Waals surface area contributed by atoms with Crippen molar-refractivity contribution in [2.45, 2.75) is 46.6 Å². The summed E-state index contributed by atoms with van der Waals surface area (Å²) in [4.78, 5) is 12.4. The SMILES string of the molecule is CCc1ccc(OC(CC)C(=O)Nc2ccc(C)c(C)c2)cc1. The summed E-state index contributed by atoms with van der Waals surface area (Å²) in [5.41, 5.74) is 4.43. The summed E-state index contributed by atoms with van der Waals surface area (Å²) in [5.74, 6) is 0.611. The minimum atomic E-state index is -0.496. The highest BCUT2D eigenvalue weighted by atomic mass is 16.5. The van der Waals surface area contributed by atoms with Gasteiger partial charge in [0.1, 0.15) is 5.75 Å². The van der Waals surface area contributed by atoms with Gasteiger partial charge in [0.2, 0.25) is 0 Å². The second-order valence-electron chi connectivity index (χ2n) is 5.80. The first kappa shape index (κ1) is 17.1. The average Bonchev–Trinajstić information content (AvgIpc) is 2.56. The van der Waals surface area contributed by atoms with Crippen LogP contribution in [0.15, 0.2) is 42.5 Å². The Morgan fingerprint density at radius 2 is 1.74 bits per heavy atom. The molecule has 0 radical (unpaired) electrons. The first-order valence-electron chi connectivity index (χ1n) is 8.17. The van der Waals surface area contributed by atoms with Crippen LogP contribution in [0.4, 0.5) is 5.69 Å². The van der Waals surface area contributed by atoms with E-state index in [2.05, 4.69) is 19.2 Å². The summed E-state index contributed by atoms with van der Waals surface area (Å²) >= 11 is 0. The molecular weight excluding hydrogens is 286 g/mol. The Hall–Kier alpha value is -2.29. The lowest BCUT2D eigenvalue weighted by molar-refractivity contribution is -0.122. The van der Waals surface area contributed by atoms with Crippen LogP contribution in [0.3, 0.4) is 0 Å². The fraction of sp³-hybridized carbons (Fsp3) is 0.350. The predicted molar refractivity (Wildman–Crippen MR) is 95.1 cm³/mol. The fourth-order valence-corrected chi connectivity index (χ4v) is 2.33. The van der Waals surface area contributed by atoms with Gasteiger partial charge in [0, 0.05) is 5.69 Å². The maximum absolute atomic E-state index is 12.4. The number of anilines is 1. The topological polar surface area (TPSA) is 38.3 Å². The van der Waals surface area contributed by atoms with Crippen LogP contribution in [0.1, 0.15) is 37.0 Å². The van der Waals surface area contributed by atoms with Crippen molar-refractivity contribution in [3.63, 3.8) is 0 Å². The van der Waals surface area contributed by atoms with Crippen molar-refractivity contribution >= 4 is 11.6 Å². The highest BCUT2D eigenvalue weighted by Crippen LogP contribution is 2.18. The molecule has 0 bridgehead atoms. The number of carbonyl (C=O) groups excluding carboxylic acids is 1. The molecule has 1 amide bonds. The molecule has 0 spiro atoms. The van der Waals surface area contributed by atoms with E-state index in [-0.39, 0.29) is 5.91 Å². The largest absolute Gasteiger partial charge is 0.481 e. The highest BCUT2D eigenvalue weighted by Gasteiger charge is 2.18. The quantitative estimate of drug-likeness (QED) is 0.842. The van der Waals surface area contributed by atoms with Gasteiger partial charge in [-0.1, -0.05) is 32.0 Å². The second-order valence-corrected chi connectivity index (χ2v) is 5.80. The molecule has 1 atom stereocenters. The van der Waals surface area contributed by atoms with Crippen LogP contribution in [-0.4, -0.2) is 12.0 Å². The number of rotatable bonds is 6. The van der Waals surface area contributed by atoms with Crippen molar-refractivity contribution in [3.05, 3.63) is 59.2 Å². The molecular formula is C20H25NO2. The zero-order valence-electron chi connectivity index (χ0n) is 14.3. The van der Waals surface area contributed by atoms with E-state index in [4.69, 9.17) is 4.74 Å². The Kier molecular flexibility index (Phi) is 5.80. The van der Waals surface area contributed by atoms with E-state index in [0.29, 0.717) is 6.42 Å². The molecule has 122 valence electrons. The molecule has 2 aromatic rings. The van der Waals surface area contributed by atoms with Crippen LogP contribution in [0.25, 0.3) is 0 Å². The van der Waals surface area contributed by atoms with Gasteiger partial charge in [-0.3, -0.25) is 4.79 Å². The van der Waals surface area contributed by atoms with E-state index in [1.165, 1.54) is 11.1 Å². The van der Waals surface area contributed by atoms with Crippen molar-refractivity contribution < 1.29 is 9.53 Å². The number of amides is 1. The molecule has 0 aliphatic carbocycles. The van der Waals surface area contributed by atoms with Gasteiger partial charge in [0.05, 0.1) is 0 Å². The van der Waals surface area contributed by atoms with Crippen LogP contribution >= 0.6 is 0 Å². The molecule has 3 heteroatoms. The zero-order chi connectivity index (χ0) is 16.8. The average molecular weight is 311 g/mol. The van der Waals surface area contributed by atoms with Gasteiger partial charge in [-0.15, -0.1) is 0 Å². The minimum Gasteiger partial charge on any atom is -0.481 e. The maximum atomic E-state index is 12.4. The summed E-state index contributed by atoms with van der Waals surface area (Å²) in [7, 11) is 0. The summed E-state index contributed by atoms with van der Waals surface area (Å²) in [6, 6.07) is 13.8. The van der Waals surface area contributed by atoms with Gasteiger partial charge in [-0.2, -0.15) is 0 Å². The number of hydrogen-bond acceptors (Lipinski definition) is 2. The molecule has 0 aliphatic rings. The number of nitrogens with one attached hydrogen (secondary N) is 1. The Bertz CT molecular complexity index is 662. The van der Waals surface area contributed by atoms with Crippen LogP contribution in [0, 0.1) is 13.8 Å². The number of benzene rings is 2. The third-order valence-electron chi connectivity index (χ3n) is 4.05. The summed E-state index contributed by atoms with van der Waals surface area (Å²) in [5, 5.41) is 2.94. The monoisotopic (exact) mass is 311 g/mol. The van der Waals surface area contributed by atoms with Gasteiger partial charge < -0.3 is 10.1 Å². The highest BCUT2D eigenvalue weighted by molar-refractivity contribution is 5.94. The lowest BCUT2D eigenvalue weighted by Gasteiger charge is -2.18. The molecule has 0 aromatic heterocycles. The molecule has 0 fully saturated rings. The molecule has 0 saturated heterocycles. The second kappa shape index (κ2) is 7.82. The minimum absolute atomic E-state index is 0.115. The third-order valence-corrected chi connectivity index (χ3v) is 4.05. The Morgan fingerprint density at radius 1 is 1.04 bits per heavy atom. The van der Waals surface area contributed by atoms with E-state index in [9.17, 15) is 4.79 Å². The van der Waals surface area contributed by atoms with E-state index < -0.39 is 6.10 Å². The number of ether oxygens (including phenoxy) is 1. The molecule has 1 N–H and O–H groups in total. The van der Waals surface area contributed by atoms with Gasteiger partial charge >= 0.3 is 0 Å². The van der Waals surface area contributed by atoms with Crippen molar-refractivity contribution in [2.75, 3.05) is 5.32 Å². The normalized spacial score (nSPS) is 11.8. The fourth-order valence-electron chi connectivity index (χ4n) is 2.33. The smallest absolute Gasteiger partial charge is 0.265 e. The van der Waals surface area contributed by atoms with Crippen molar-refractivity contribution in [2.24, 2.45) is 0 Å². The standard InChI is InChI=1S/C20H25NO2/c1-5-16-8-11-18(12-9-16)23-19(6-2)20(22)21-17-10-7-14(3)15(4)13-17/h7-13,19H,5-6H2,1-4H3,(H,21,22). The van der Waals surface area contributed by atoms with Crippen LogP contribution in [-0.2, 0) is 11.2 Å².